The fourth-order valence-electron chi connectivity index (χ4n) is 3.00. The number of hydrogen-bond donors (Lipinski definition) is 2. The van der Waals surface area contributed by atoms with Gasteiger partial charge in [0.15, 0.2) is 17.3 Å². The number of carbonyl (C=O) groups is 1. The lowest BCUT2D eigenvalue weighted by molar-refractivity contribution is -0.121. The maximum absolute atomic E-state index is 13.8. The molecular formula is C22H23FN4O4. The van der Waals surface area contributed by atoms with Gasteiger partial charge < -0.3 is 19.8 Å². The molecule has 1 heterocycles. The van der Waals surface area contributed by atoms with Crippen LogP contribution >= 0.6 is 0 Å². The van der Waals surface area contributed by atoms with Gasteiger partial charge in [-0.05, 0) is 36.2 Å². The zero-order valence-corrected chi connectivity index (χ0v) is 17.3. The molecule has 3 rings (SSSR count). The van der Waals surface area contributed by atoms with Crippen LogP contribution in [0.5, 0.6) is 11.5 Å². The van der Waals surface area contributed by atoms with Gasteiger partial charge in [-0.1, -0.05) is 18.2 Å². The third kappa shape index (κ3) is 5.65. The van der Waals surface area contributed by atoms with Gasteiger partial charge in [-0.3, -0.25) is 9.59 Å². The number of carbonyl (C=O) groups excluding carboxylic acids is 1. The fourth-order valence-corrected chi connectivity index (χ4v) is 3.00. The van der Waals surface area contributed by atoms with Gasteiger partial charge >= 0.3 is 0 Å². The minimum Gasteiger partial charge on any atom is -0.493 e. The van der Waals surface area contributed by atoms with Gasteiger partial charge in [0, 0.05) is 19.4 Å². The van der Waals surface area contributed by atoms with E-state index in [1.54, 1.807) is 26.4 Å². The van der Waals surface area contributed by atoms with Crippen molar-refractivity contribution < 1.29 is 18.7 Å². The zero-order valence-electron chi connectivity index (χ0n) is 17.3. The summed E-state index contributed by atoms with van der Waals surface area (Å²) >= 11 is 0. The number of amides is 1. The van der Waals surface area contributed by atoms with Crippen molar-refractivity contribution in [3.63, 3.8) is 0 Å². The second kappa shape index (κ2) is 10.3. The molecule has 3 aromatic rings. The van der Waals surface area contributed by atoms with Crippen LogP contribution in [-0.2, 0) is 17.6 Å². The van der Waals surface area contributed by atoms with Crippen molar-refractivity contribution in [3.8, 4) is 22.9 Å². The minimum absolute atomic E-state index is 0.0474. The van der Waals surface area contributed by atoms with Crippen LogP contribution < -0.4 is 20.3 Å². The van der Waals surface area contributed by atoms with Crippen LogP contribution in [0.1, 0.15) is 17.7 Å². The first-order valence-electron chi connectivity index (χ1n) is 9.70. The first kappa shape index (κ1) is 21.9. The van der Waals surface area contributed by atoms with E-state index >= 15 is 0 Å². The van der Waals surface area contributed by atoms with Crippen molar-refractivity contribution in [3.05, 3.63) is 69.9 Å². The molecule has 8 nitrogen and oxygen atoms in total. The average Bonchev–Trinajstić information content (AvgIpc) is 2.78. The molecule has 0 atom stereocenters. The summed E-state index contributed by atoms with van der Waals surface area (Å²) in [6.45, 7) is 0.433. The Balaban J connectivity index is 1.51. The average molecular weight is 426 g/mol. The standard InChI is InChI=1S/C22H23FN4O4/c1-30-18-9-7-14(13-19(18)31-2)11-12-24-20(28)10-8-17-22(29)25-21(27-26-17)15-5-3-4-6-16(15)23/h3-7,9,13H,8,10-12H2,1-2H3,(H,24,28)(H,25,27,29). The van der Waals surface area contributed by atoms with Gasteiger partial charge in [-0.15, -0.1) is 10.2 Å². The lowest BCUT2D eigenvalue weighted by atomic mass is 10.1. The second-order valence-corrected chi connectivity index (χ2v) is 6.72. The molecule has 1 amide bonds. The van der Waals surface area contributed by atoms with Crippen LogP contribution in [0.3, 0.4) is 0 Å². The van der Waals surface area contributed by atoms with Gasteiger partial charge in [0.05, 0.1) is 19.8 Å². The Kier molecular flexibility index (Phi) is 7.31. The van der Waals surface area contributed by atoms with Crippen molar-refractivity contribution in [1.82, 2.24) is 20.5 Å². The maximum atomic E-state index is 13.8. The van der Waals surface area contributed by atoms with Crippen LogP contribution in [0.4, 0.5) is 4.39 Å². The molecule has 9 heteroatoms. The van der Waals surface area contributed by atoms with Gasteiger partial charge in [0.25, 0.3) is 5.56 Å². The lowest BCUT2D eigenvalue weighted by Gasteiger charge is -2.10. The number of aromatic amines is 1. The lowest BCUT2D eigenvalue weighted by Crippen LogP contribution is -2.27. The number of halogens is 1. The molecule has 2 aromatic carbocycles. The number of methoxy groups -OCH3 is 2. The van der Waals surface area contributed by atoms with Crippen molar-refractivity contribution in [1.29, 1.82) is 0 Å². The van der Waals surface area contributed by atoms with Crippen LogP contribution in [0.15, 0.2) is 47.3 Å². The van der Waals surface area contributed by atoms with Crippen molar-refractivity contribution >= 4 is 5.91 Å². The van der Waals surface area contributed by atoms with Gasteiger partial charge in [-0.25, -0.2) is 4.39 Å². The molecule has 0 saturated heterocycles. The third-order valence-electron chi connectivity index (χ3n) is 4.67. The third-order valence-corrected chi connectivity index (χ3v) is 4.67. The van der Waals surface area contributed by atoms with Gasteiger partial charge in [-0.2, -0.15) is 0 Å². The van der Waals surface area contributed by atoms with E-state index in [0.717, 1.165) is 5.56 Å². The highest BCUT2D eigenvalue weighted by Gasteiger charge is 2.12. The Labute approximate surface area is 178 Å². The van der Waals surface area contributed by atoms with Crippen LogP contribution in [0.25, 0.3) is 11.4 Å². The highest BCUT2D eigenvalue weighted by Crippen LogP contribution is 2.27. The monoisotopic (exact) mass is 426 g/mol. The second-order valence-electron chi connectivity index (χ2n) is 6.72. The van der Waals surface area contributed by atoms with Crippen molar-refractivity contribution in [2.24, 2.45) is 0 Å². The molecule has 0 radical (unpaired) electrons. The molecule has 1 aromatic heterocycles. The predicted molar refractivity (Wildman–Crippen MR) is 113 cm³/mol. The smallest absolute Gasteiger partial charge is 0.273 e. The summed E-state index contributed by atoms with van der Waals surface area (Å²) in [4.78, 5) is 26.8. The largest absolute Gasteiger partial charge is 0.493 e. The molecule has 162 valence electrons. The number of nitrogens with zero attached hydrogens (tertiary/aromatic N) is 2. The quantitative estimate of drug-likeness (QED) is 0.544. The summed E-state index contributed by atoms with van der Waals surface area (Å²) in [5, 5.41) is 10.6. The molecule has 0 bridgehead atoms. The Morgan fingerprint density at radius 2 is 1.84 bits per heavy atom. The Hall–Kier alpha value is -3.75. The summed E-state index contributed by atoms with van der Waals surface area (Å²) in [5.74, 6) is 0.603. The fraction of sp³-hybridized carbons (Fsp3) is 0.273. The number of H-pyrrole nitrogens is 1. The maximum Gasteiger partial charge on any atom is 0.273 e. The highest BCUT2D eigenvalue weighted by molar-refractivity contribution is 5.76. The van der Waals surface area contributed by atoms with Crippen molar-refractivity contribution in [2.75, 3.05) is 20.8 Å². The summed E-state index contributed by atoms with van der Waals surface area (Å²) < 4.78 is 24.3. The summed E-state index contributed by atoms with van der Waals surface area (Å²) in [7, 11) is 3.14. The van der Waals surface area contributed by atoms with E-state index in [4.69, 9.17) is 9.47 Å². The number of ether oxygens (including phenoxy) is 2. The summed E-state index contributed by atoms with van der Waals surface area (Å²) in [6, 6.07) is 11.5. The topological polar surface area (TPSA) is 106 Å². The van der Waals surface area contributed by atoms with Crippen LogP contribution in [0.2, 0.25) is 0 Å². The highest BCUT2D eigenvalue weighted by atomic mass is 19.1. The molecule has 0 aliphatic heterocycles. The zero-order chi connectivity index (χ0) is 22.2. The van der Waals surface area contributed by atoms with E-state index in [-0.39, 0.29) is 35.8 Å². The van der Waals surface area contributed by atoms with Crippen molar-refractivity contribution in [2.45, 2.75) is 19.3 Å². The Morgan fingerprint density at radius 3 is 2.55 bits per heavy atom. The number of hydrogen-bond acceptors (Lipinski definition) is 6. The minimum atomic E-state index is -0.506. The molecule has 0 unspecified atom stereocenters. The van der Waals surface area contributed by atoms with E-state index in [1.165, 1.54) is 12.1 Å². The molecular weight excluding hydrogens is 403 g/mol. The van der Waals surface area contributed by atoms with E-state index in [2.05, 4.69) is 20.5 Å². The number of aryl methyl sites for hydroxylation is 1. The van der Waals surface area contributed by atoms with Gasteiger partial charge in [0.2, 0.25) is 5.91 Å². The molecule has 0 saturated carbocycles. The summed E-state index contributed by atoms with van der Waals surface area (Å²) in [5.41, 5.74) is 0.775. The molecule has 0 fully saturated rings. The normalized spacial score (nSPS) is 10.5. The van der Waals surface area contributed by atoms with E-state index < -0.39 is 11.4 Å². The molecule has 2 N–H and O–H groups in total. The number of nitrogens with one attached hydrogen (secondary N) is 2. The first-order chi connectivity index (χ1) is 15.0. The Bertz CT molecular complexity index is 1120. The van der Waals surface area contributed by atoms with E-state index in [9.17, 15) is 14.0 Å². The molecule has 0 spiro atoms. The SMILES string of the molecule is COc1ccc(CCNC(=O)CCc2nnc(-c3ccccc3F)[nH]c2=O)cc1OC. The number of aromatic nitrogens is 3. The van der Waals surface area contributed by atoms with E-state index in [1.807, 2.05) is 18.2 Å². The number of benzene rings is 2. The van der Waals surface area contributed by atoms with Crippen LogP contribution in [-0.4, -0.2) is 41.9 Å². The first-order valence-corrected chi connectivity index (χ1v) is 9.70. The van der Waals surface area contributed by atoms with Gasteiger partial charge in [0.1, 0.15) is 11.5 Å². The Morgan fingerprint density at radius 1 is 1.06 bits per heavy atom. The molecule has 0 aliphatic carbocycles. The predicted octanol–water partition coefficient (Wildman–Crippen LogP) is 2.28. The van der Waals surface area contributed by atoms with Crippen LogP contribution in [0, 0.1) is 5.82 Å². The summed E-state index contributed by atoms with van der Waals surface area (Å²) in [6.07, 6.45) is 0.828. The molecule has 0 aliphatic rings. The number of rotatable bonds is 9. The van der Waals surface area contributed by atoms with E-state index in [0.29, 0.717) is 24.5 Å². The molecule has 31 heavy (non-hydrogen) atoms.